The number of anilines is 2. The molecule has 0 saturated carbocycles. The number of hydrogen-bond acceptors (Lipinski definition) is 5. The zero-order valence-corrected chi connectivity index (χ0v) is 12.9. The Morgan fingerprint density at radius 3 is 2.48 bits per heavy atom. The Balaban J connectivity index is 1.92. The number of benzene rings is 2. The molecule has 0 spiro atoms. The van der Waals surface area contributed by atoms with Crippen molar-refractivity contribution in [2.45, 2.75) is 0 Å². The fourth-order valence-corrected chi connectivity index (χ4v) is 1.96. The zero-order chi connectivity index (χ0) is 16.7. The lowest BCUT2D eigenvalue weighted by Gasteiger charge is -2.17. The van der Waals surface area contributed by atoms with Crippen molar-refractivity contribution in [2.75, 3.05) is 30.8 Å². The minimum Gasteiger partial charge on any atom is -0.399 e. The molecule has 0 atom stereocenters. The predicted molar refractivity (Wildman–Crippen MR) is 92.7 cm³/mol. The second kappa shape index (κ2) is 7.95. The van der Waals surface area contributed by atoms with Gasteiger partial charge in [0.2, 0.25) is 0 Å². The summed E-state index contributed by atoms with van der Waals surface area (Å²) in [7, 11) is 1.91. The maximum absolute atomic E-state index is 11.9. The number of likely N-dealkylation sites (N-methyl/N-ethyl adjacent to an activating group) is 1. The number of nitrogens with one attached hydrogen (secondary N) is 1. The largest absolute Gasteiger partial charge is 0.399 e. The van der Waals surface area contributed by atoms with Gasteiger partial charge in [-0.3, -0.25) is 4.79 Å². The average molecular weight is 312 g/mol. The highest BCUT2D eigenvalue weighted by molar-refractivity contribution is 5.95. The van der Waals surface area contributed by atoms with Crippen LogP contribution in [0.5, 0.6) is 0 Å². The Bertz CT molecular complexity index is 666. The molecule has 0 aliphatic rings. The Morgan fingerprint density at radius 1 is 1.22 bits per heavy atom. The van der Waals surface area contributed by atoms with Gasteiger partial charge in [0.25, 0.3) is 5.91 Å². The fourth-order valence-electron chi connectivity index (χ4n) is 1.96. The van der Waals surface area contributed by atoms with Crippen LogP contribution in [0.25, 0.3) is 0 Å². The molecule has 120 valence electrons. The molecule has 23 heavy (non-hydrogen) atoms. The second-order valence-electron chi connectivity index (χ2n) is 5.06. The highest BCUT2D eigenvalue weighted by Gasteiger charge is 2.03. The van der Waals surface area contributed by atoms with Crippen LogP contribution >= 0.6 is 0 Å². The molecule has 2 aromatic carbocycles. The van der Waals surface area contributed by atoms with Crippen LogP contribution < -0.4 is 16.1 Å². The minimum atomic E-state index is -0.291. The van der Waals surface area contributed by atoms with E-state index in [4.69, 9.17) is 10.8 Å². The monoisotopic (exact) mass is 312 g/mol. The molecule has 0 bridgehead atoms. The molecule has 2 rings (SSSR count). The van der Waals surface area contributed by atoms with Crippen LogP contribution in [-0.2, 0) is 0 Å². The Morgan fingerprint density at radius 2 is 1.87 bits per heavy atom. The van der Waals surface area contributed by atoms with Gasteiger partial charge in [0.15, 0.2) is 0 Å². The maximum Gasteiger partial charge on any atom is 0.271 e. The Kier molecular flexibility index (Phi) is 5.71. The maximum atomic E-state index is 11.9. The molecule has 2 aromatic rings. The summed E-state index contributed by atoms with van der Waals surface area (Å²) in [4.78, 5) is 13.8. The first kappa shape index (κ1) is 16.5. The number of aliphatic hydroxyl groups is 1. The predicted octanol–water partition coefficient (Wildman–Crippen LogP) is 1.46. The van der Waals surface area contributed by atoms with Crippen molar-refractivity contribution in [1.29, 1.82) is 0 Å². The van der Waals surface area contributed by atoms with E-state index in [1.165, 1.54) is 0 Å². The number of hydrogen-bond donors (Lipinski definition) is 3. The van der Waals surface area contributed by atoms with Gasteiger partial charge >= 0.3 is 0 Å². The van der Waals surface area contributed by atoms with Gasteiger partial charge in [-0.2, -0.15) is 5.10 Å². The standard InChI is InChI=1S/C17H20N4O2/c1-21(10-11-22)16-8-2-13(3-9-16)12-19-20-17(23)14-4-6-15(18)7-5-14/h2-9,12,22H,10-11,18H2,1H3,(H,20,23)/b19-12+. The van der Waals surface area contributed by atoms with Crippen molar-refractivity contribution in [3.05, 3.63) is 59.7 Å². The second-order valence-corrected chi connectivity index (χ2v) is 5.06. The third kappa shape index (κ3) is 4.82. The lowest BCUT2D eigenvalue weighted by Crippen LogP contribution is -2.20. The van der Waals surface area contributed by atoms with Crippen molar-refractivity contribution in [1.82, 2.24) is 5.43 Å². The van der Waals surface area contributed by atoms with Crippen LogP contribution in [0.2, 0.25) is 0 Å². The highest BCUT2D eigenvalue weighted by Crippen LogP contribution is 2.12. The smallest absolute Gasteiger partial charge is 0.271 e. The van der Waals surface area contributed by atoms with E-state index in [1.807, 2.05) is 36.2 Å². The molecule has 6 heteroatoms. The summed E-state index contributed by atoms with van der Waals surface area (Å²) in [5, 5.41) is 12.9. The highest BCUT2D eigenvalue weighted by atomic mass is 16.3. The van der Waals surface area contributed by atoms with Gasteiger partial charge in [0, 0.05) is 30.5 Å². The summed E-state index contributed by atoms with van der Waals surface area (Å²) >= 11 is 0. The third-order valence-corrected chi connectivity index (χ3v) is 3.32. The summed E-state index contributed by atoms with van der Waals surface area (Å²) in [6.45, 7) is 0.683. The number of nitrogen functional groups attached to an aromatic ring is 1. The lowest BCUT2D eigenvalue weighted by molar-refractivity contribution is 0.0955. The van der Waals surface area contributed by atoms with Crippen LogP contribution in [0.1, 0.15) is 15.9 Å². The molecule has 0 aliphatic heterocycles. The quantitative estimate of drug-likeness (QED) is 0.428. The molecule has 4 N–H and O–H groups in total. The van der Waals surface area contributed by atoms with Crippen LogP contribution in [0, 0.1) is 0 Å². The van der Waals surface area contributed by atoms with Crippen molar-refractivity contribution in [3.8, 4) is 0 Å². The van der Waals surface area contributed by atoms with Crippen molar-refractivity contribution in [3.63, 3.8) is 0 Å². The zero-order valence-electron chi connectivity index (χ0n) is 12.9. The van der Waals surface area contributed by atoms with Gasteiger partial charge < -0.3 is 15.7 Å². The Hall–Kier alpha value is -2.86. The number of carbonyl (C=O) groups excluding carboxylic acids is 1. The molecular formula is C17H20N4O2. The topological polar surface area (TPSA) is 91.0 Å². The van der Waals surface area contributed by atoms with Crippen LogP contribution in [0.15, 0.2) is 53.6 Å². The van der Waals surface area contributed by atoms with Crippen LogP contribution in [-0.4, -0.2) is 37.4 Å². The molecule has 0 saturated heterocycles. The van der Waals surface area contributed by atoms with Crippen molar-refractivity contribution in [2.24, 2.45) is 5.10 Å². The Labute approximate surface area is 135 Å². The fraction of sp³-hybridized carbons (Fsp3) is 0.176. The van der Waals surface area contributed by atoms with Gasteiger partial charge in [-0.25, -0.2) is 5.43 Å². The van der Waals surface area contributed by atoms with Gasteiger partial charge in [-0.1, -0.05) is 12.1 Å². The summed E-state index contributed by atoms with van der Waals surface area (Å²) in [6.07, 6.45) is 1.57. The lowest BCUT2D eigenvalue weighted by atomic mass is 10.2. The molecule has 0 fully saturated rings. The molecule has 0 aliphatic carbocycles. The van der Waals surface area contributed by atoms with E-state index < -0.39 is 0 Å². The summed E-state index contributed by atoms with van der Waals surface area (Å²) in [5.41, 5.74) is 11.0. The summed E-state index contributed by atoms with van der Waals surface area (Å²) < 4.78 is 0. The van der Waals surface area contributed by atoms with Gasteiger partial charge in [-0.15, -0.1) is 0 Å². The number of nitrogens with zero attached hydrogens (tertiary/aromatic N) is 2. The SMILES string of the molecule is CN(CCO)c1ccc(/C=N/NC(=O)c2ccc(N)cc2)cc1. The number of carbonyl (C=O) groups is 1. The molecule has 1 amide bonds. The van der Waals surface area contributed by atoms with Gasteiger partial charge in [0.1, 0.15) is 0 Å². The molecule has 0 heterocycles. The first-order valence-corrected chi connectivity index (χ1v) is 7.21. The van der Waals surface area contributed by atoms with Gasteiger partial charge in [-0.05, 0) is 42.0 Å². The van der Waals surface area contributed by atoms with Crippen molar-refractivity contribution >= 4 is 23.5 Å². The van der Waals surface area contributed by atoms with E-state index in [0.29, 0.717) is 17.8 Å². The van der Waals surface area contributed by atoms with Crippen LogP contribution in [0.4, 0.5) is 11.4 Å². The first-order chi connectivity index (χ1) is 11.1. The summed E-state index contributed by atoms with van der Waals surface area (Å²) in [6, 6.07) is 14.3. The molecule has 6 nitrogen and oxygen atoms in total. The molecule has 0 radical (unpaired) electrons. The number of hydrazone groups is 1. The molecular weight excluding hydrogens is 292 g/mol. The molecule has 0 aromatic heterocycles. The number of aliphatic hydroxyl groups excluding tert-OH is 1. The normalized spacial score (nSPS) is 10.7. The van der Waals surface area contributed by atoms with Crippen LogP contribution in [0.3, 0.4) is 0 Å². The average Bonchev–Trinajstić information content (AvgIpc) is 2.56. The van der Waals surface area contributed by atoms with Crippen molar-refractivity contribution < 1.29 is 9.90 Å². The number of nitrogens with two attached hydrogens (primary N) is 1. The van der Waals surface area contributed by atoms with Gasteiger partial charge in [0.05, 0.1) is 12.8 Å². The number of rotatable bonds is 6. The van der Waals surface area contributed by atoms with E-state index >= 15 is 0 Å². The van der Waals surface area contributed by atoms with E-state index in [1.54, 1.807) is 30.5 Å². The van der Waals surface area contributed by atoms with E-state index in [2.05, 4.69) is 10.5 Å². The minimum absolute atomic E-state index is 0.108. The first-order valence-electron chi connectivity index (χ1n) is 7.21. The van der Waals surface area contributed by atoms with E-state index in [0.717, 1.165) is 11.3 Å². The third-order valence-electron chi connectivity index (χ3n) is 3.32. The number of amides is 1. The van der Waals surface area contributed by atoms with E-state index in [9.17, 15) is 4.79 Å². The van der Waals surface area contributed by atoms with E-state index in [-0.39, 0.29) is 12.5 Å². The molecule has 0 unspecified atom stereocenters. The summed E-state index contributed by atoms with van der Waals surface area (Å²) in [5.74, 6) is -0.291.